The van der Waals surface area contributed by atoms with Crippen molar-refractivity contribution in [1.29, 1.82) is 0 Å². The topological polar surface area (TPSA) is 92.1 Å². The molecule has 1 heterocycles. The lowest BCUT2D eigenvalue weighted by molar-refractivity contribution is 0.218. The Hall–Kier alpha value is -0.920. The quantitative estimate of drug-likeness (QED) is 0.793. The van der Waals surface area contributed by atoms with Crippen molar-refractivity contribution < 1.29 is 8.42 Å². The molecule has 1 aliphatic rings. The Kier molecular flexibility index (Phi) is 4.04. The van der Waals surface area contributed by atoms with Gasteiger partial charge in [0.2, 0.25) is 0 Å². The van der Waals surface area contributed by atoms with Gasteiger partial charge in [0.15, 0.2) is 5.03 Å². The molecule has 1 saturated carbocycles. The van der Waals surface area contributed by atoms with E-state index in [0.29, 0.717) is 25.3 Å². The number of aryl methyl sites for hydroxylation is 1. The number of rotatable bonds is 6. The molecule has 7 heteroatoms. The minimum Gasteiger partial charge on any atom is -0.332 e. The van der Waals surface area contributed by atoms with Crippen LogP contribution in [0.15, 0.2) is 11.2 Å². The lowest BCUT2D eigenvalue weighted by Crippen LogP contribution is -2.45. The molecule has 1 aliphatic carbocycles. The van der Waals surface area contributed by atoms with Gasteiger partial charge in [0, 0.05) is 12.6 Å². The molecule has 3 N–H and O–H groups in total. The van der Waals surface area contributed by atoms with Crippen LogP contribution in [-0.4, -0.2) is 41.8 Å². The molecule has 1 aromatic heterocycles. The van der Waals surface area contributed by atoms with E-state index in [9.17, 15) is 8.42 Å². The van der Waals surface area contributed by atoms with Gasteiger partial charge in [0.1, 0.15) is 5.82 Å². The maximum absolute atomic E-state index is 12.5. The molecule has 0 saturated heterocycles. The van der Waals surface area contributed by atoms with E-state index in [0.717, 1.165) is 19.3 Å². The zero-order valence-corrected chi connectivity index (χ0v) is 11.4. The molecular weight excluding hydrogens is 252 g/mol. The number of sulfonamides is 1. The van der Waals surface area contributed by atoms with Gasteiger partial charge in [-0.15, -0.1) is 0 Å². The summed E-state index contributed by atoms with van der Waals surface area (Å²) in [4.78, 5) is 6.77. The van der Waals surface area contributed by atoms with Crippen LogP contribution in [0.3, 0.4) is 0 Å². The molecule has 2 rings (SSSR count). The highest BCUT2D eigenvalue weighted by Crippen LogP contribution is 2.29. The Balaban J connectivity index is 2.22. The number of nitrogens with two attached hydrogens (primary N) is 1. The average Bonchev–Trinajstić information content (AvgIpc) is 2.68. The van der Waals surface area contributed by atoms with Crippen LogP contribution in [0.5, 0.6) is 0 Å². The molecule has 1 fully saturated rings. The van der Waals surface area contributed by atoms with Crippen LogP contribution in [0.25, 0.3) is 0 Å². The van der Waals surface area contributed by atoms with Gasteiger partial charge >= 0.3 is 0 Å². The van der Waals surface area contributed by atoms with Gasteiger partial charge in [-0.2, -0.15) is 4.31 Å². The summed E-state index contributed by atoms with van der Waals surface area (Å²) in [5, 5.41) is 0.184. The Labute approximate surface area is 108 Å². The third-order valence-electron chi connectivity index (χ3n) is 3.33. The number of imidazole rings is 1. The molecule has 18 heavy (non-hydrogen) atoms. The number of hydrogen-bond acceptors (Lipinski definition) is 4. The molecule has 102 valence electrons. The van der Waals surface area contributed by atoms with Gasteiger partial charge in [-0.3, -0.25) is 0 Å². The fourth-order valence-electron chi connectivity index (χ4n) is 2.08. The van der Waals surface area contributed by atoms with Gasteiger partial charge in [0.05, 0.1) is 6.20 Å². The predicted octanol–water partition coefficient (Wildman–Crippen LogP) is 0.610. The summed E-state index contributed by atoms with van der Waals surface area (Å²) < 4.78 is 26.6. The minimum atomic E-state index is -3.45. The van der Waals surface area contributed by atoms with Crippen LogP contribution in [0.4, 0.5) is 0 Å². The number of nitrogens with zero attached hydrogens (tertiary/aromatic N) is 2. The highest BCUT2D eigenvalue weighted by atomic mass is 32.2. The van der Waals surface area contributed by atoms with E-state index < -0.39 is 10.0 Å². The van der Waals surface area contributed by atoms with Gasteiger partial charge in [-0.1, -0.05) is 6.42 Å². The average molecular weight is 272 g/mol. The van der Waals surface area contributed by atoms with Crippen LogP contribution in [-0.2, 0) is 10.0 Å². The van der Waals surface area contributed by atoms with E-state index in [2.05, 4.69) is 9.97 Å². The molecule has 0 amide bonds. The molecular formula is C11H20N4O2S. The fraction of sp³-hybridized carbons (Fsp3) is 0.727. The maximum Gasteiger partial charge on any atom is 0.260 e. The molecule has 0 aromatic carbocycles. The Morgan fingerprint density at radius 2 is 2.28 bits per heavy atom. The third kappa shape index (κ3) is 2.57. The first kappa shape index (κ1) is 13.5. The van der Waals surface area contributed by atoms with E-state index in [1.54, 1.807) is 11.2 Å². The summed E-state index contributed by atoms with van der Waals surface area (Å²) in [6, 6.07) is 0.130. The number of aromatic nitrogens is 2. The molecule has 0 aliphatic heterocycles. The van der Waals surface area contributed by atoms with Crippen molar-refractivity contribution in [2.24, 2.45) is 5.73 Å². The minimum absolute atomic E-state index is 0.130. The number of H-pyrrole nitrogens is 1. The molecule has 0 bridgehead atoms. The van der Waals surface area contributed by atoms with Crippen LogP contribution < -0.4 is 5.73 Å². The van der Waals surface area contributed by atoms with Gasteiger partial charge in [0.25, 0.3) is 10.0 Å². The molecule has 0 atom stereocenters. The molecule has 0 radical (unpaired) electrons. The standard InChI is InChI=1S/C11H20N4O2S/c1-9-13-8-11(14-9)18(16,17)15(7-3-6-12)10-4-2-5-10/h8,10H,2-7,12H2,1H3,(H,13,14). The zero-order valence-electron chi connectivity index (χ0n) is 10.6. The maximum atomic E-state index is 12.5. The predicted molar refractivity (Wildman–Crippen MR) is 68.5 cm³/mol. The highest BCUT2D eigenvalue weighted by Gasteiger charge is 2.35. The monoisotopic (exact) mass is 272 g/mol. The lowest BCUT2D eigenvalue weighted by Gasteiger charge is -2.36. The number of aromatic amines is 1. The van der Waals surface area contributed by atoms with Crippen molar-refractivity contribution >= 4 is 10.0 Å². The Bertz CT molecular complexity index is 493. The summed E-state index contributed by atoms with van der Waals surface area (Å²) in [6.07, 6.45) is 5.05. The first-order chi connectivity index (χ1) is 8.55. The van der Waals surface area contributed by atoms with E-state index in [1.165, 1.54) is 6.20 Å². The second-order valence-corrected chi connectivity index (χ2v) is 6.53. The smallest absolute Gasteiger partial charge is 0.260 e. The van der Waals surface area contributed by atoms with Crippen molar-refractivity contribution in [2.75, 3.05) is 13.1 Å². The number of nitrogens with one attached hydrogen (secondary N) is 1. The largest absolute Gasteiger partial charge is 0.332 e. The van der Waals surface area contributed by atoms with E-state index in [-0.39, 0.29) is 11.1 Å². The summed E-state index contributed by atoms with van der Waals surface area (Å²) in [6.45, 7) is 2.73. The van der Waals surface area contributed by atoms with Crippen molar-refractivity contribution in [3.8, 4) is 0 Å². The van der Waals surface area contributed by atoms with Gasteiger partial charge in [-0.05, 0) is 32.7 Å². The van der Waals surface area contributed by atoms with Crippen molar-refractivity contribution in [3.63, 3.8) is 0 Å². The molecule has 0 spiro atoms. The Morgan fingerprint density at radius 3 is 2.72 bits per heavy atom. The number of hydrogen-bond donors (Lipinski definition) is 2. The lowest BCUT2D eigenvalue weighted by atomic mass is 9.93. The van der Waals surface area contributed by atoms with Gasteiger partial charge in [-0.25, -0.2) is 13.4 Å². The molecule has 0 unspecified atom stereocenters. The van der Waals surface area contributed by atoms with Gasteiger partial charge < -0.3 is 10.7 Å². The van der Waals surface area contributed by atoms with Crippen LogP contribution in [0.1, 0.15) is 31.5 Å². The van der Waals surface area contributed by atoms with Crippen LogP contribution >= 0.6 is 0 Å². The van der Waals surface area contributed by atoms with Crippen LogP contribution in [0, 0.1) is 6.92 Å². The van der Waals surface area contributed by atoms with Crippen molar-refractivity contribution in [3.05, 3.63) is 12.0 Å². The second kappa shape index (κ2) is 5.38. The second-order valence-electron chi connectivity index (χ2n) is 4.68. The van der Waals surface area contributed by atoms with Crippen LogP contribution in [0.2, 0.25) is 0 Å². The van der Waals surface area contributed by atoms with E-state index in [4.69, 9.17) is 5.73 Å². The van der Waals surface area contributed by atoms with E-state index in [1.807, 2.05) is 0 Å². The molecule has 6 nitrogen and oxygen atoms in total. The SMILES string of the molecule is Cc1ncc(S(=O)(=O)N(CCCN)C2CCC2)[nH]1. The third-order valence-corrected chi connectivity index (χ3v) is 5.19. The first-order valence-corrected chi connectivity index (χ1v) is 7.73. The van der Waals surface area contributed by atoms with Crippen molar-refractivity contribution in [2.45, 2.75) is 43.7 Å². The summed E-state index contributed by atoms with van der Waals surface area (Å²) in [5.74, 6) is 0.612. The summed E-state index contributed by atoms with van der Waals surface area (Å²) >= 11 is 0. The molecule has 1 aromatic rings. The summed E-state index contributed by atoms with van der Waals surface area (Å²) in [5.41, 5.74) is 5.48. The first-order valence-electron chi connectivity index (χ1n) is 6.29. The van der Waals surface area contributed by atoms with E-state index >= 15 is 0 Å². The highest BCUT2D eigenvalue weighted by molar-refractivity contribution is 7.89. The summed E-state index contributed by atoms with van der Waals surface area (Å²) in [7, 11) is -3.45. The fourth-order valence-corrected chi connectivity index (χ4v) is 3.76. The normalized spacial score (nSPS) is 17.1. The Morgan fingerprint density at radius 1 is 1.56 bits per heavy atom. The zero-order chi connectivity index (χ0) is 13.2. The van der Waals surface area contributed by atoms with Crippen molar-refractivity contribution in [1.82, 2.24) is 14.3 Å².